The van der Waals surface area contributed by atoms with Crippen LogP contribution in [0.5, 0.6) is 0 Å². The van der Waals surface area contributed by atoms with Gasteiger partial charge >= 0.3 is 5.97 Å². The van der Waals surface area contributed by atoms with Crippen molar-refractivity contribution in [3.63, 3.8) is 0 Å². The monoisotopic (exact) mass is 256 g/mol. The normalized spacial score (nSPS) is 36.7. The van der Waals surface area contributed by atoms with Gasteiger partial charge in [-0.25, -0.2) is 4.79 Å². The molecule has 2 aliphatic heterocycles. The first-order valence-electron chi connectivity index (χ1n) is 6.34. The van der Waals surface area contributed by atoms with E-state index >= 15 is 0 Å². The SMILES string of the molecule is CC1(C(=O)N2CCCCC2C(=O)O)COCC1N. The Bertz CT molecular complexity index is 360. The number of nitrogens with zero attached hydrogens (tertiary/aromatic N) is 1. The Morgan fingerprint density at radius 1 is 1.44 bits per heavy atom. The molecule has 2 fully saturated rings. The van der Waals surface area contributed by atoms with Gasteiger partial charge < -0.3 is 20.5 Å². The predicted octanol–water partition coefficient (Wildman–Crippen LogP) is -0.184. The Morgan fingerprint density at radius 2 is 2.17 bits per heavy atom. The summed E-state index contributed by atoms with van der Waals surface area (Å²) in [6.45, 7) is 2.89. The van der Waals surface area contributed by atoms with Crippen molar-refractivity contribution in [3.05, 3.63) is 0 Å². The van der Waals surface area contributed by atoms with E-state index in [1.807, 2.05) is 0 Å². The van der Waals surface area contributed by atoms with E-state index in [0.717, 1.165) is 12.8 Å². The molecular formula is C12H20N2O4. The number of hydrogen-bond donors (Lipinski definition) is 2. The number of ether oxygens (including phenoxy) is 1. The minimum absolute atomic E-state index is 0.181. The molecular weight excluding hydrogens is 236 g/mol. The molecule has 1 amide bonds. The van der Waals surface area contributed by atoms with E-state index in [9.17, 15) is 14.7 Å². The third-order valence-corrected chi connectivity index (χ3v) is 4.05. The number of amides is 1. The first-order valence-corrected chi connectivity index (χ1v) is 6.34. The van der Waals surface area contributed by atoms with E-state index < -0.39 is 17.4 Å². The van der Waals surface area contributed by atoms with Gasteiger partial charge in [0.25, 0.3) is 0 Å². The molecule has 6 heteroatoms. The van der Waals surface area contributed by atoms with Gasteiger partial charge in [0.15, 0.2) is 0 Å². The van der Waals surface area contributed by atoms with Crippen molar-refractivity contribution in [2.24, 2.45) is 11.1 Å². The van der Waals surface area contributed by atoms with Crippen molar-refractivity contribution < 1.29 is 19.4 Å². The molecule has 0 aromatic heterocycles. The minimum Gasteiger partial charge on any atom is -0.480 e. The van der Waals surface area contributed by atoms with Crippen LogP contribution in [0.3, 0.4) is 0 Å². The number of carboxylic acids is 1. The van der Waals surface area contributed by atoms with Gasteiger partial charge in [-0.2, -0.15) is 0 Å². The van der Waals surface area contributed by atoms with Gasteiger partial charge in [-0.3, -0.25) is 4.79 Å². The lowest BCUT2D eigenvalue weighted by atomic mass is 9.83. The Kier molecular flexibility index (Phi) is 3.59. The van der Waals surface area contributed by atoms with Gasteiger partial charge in [0.2, 0.25) is 5.91 Å². The van der Waals surface area contributed by atoms with Crippen LogP contribution in [-0.4, -0.2) is 53.7 Å². The number of nitrogens with two attached hydrogens (primary N) is 1. The minimum atomic E-state index is -0.931. The van der Waals surface area contributed by atoms with Gasteiger partial charge in [0.1, 0.15) is 6.04 Å². The number of hydrogen-bond acceptors (Lipinski definition) is 4. The van der Waals surface area contributed by atoms with E-state index in [4.69, 9.17) is 10.5 Å². The van der Waals surface area contributed by atoms with Crippen LogP contribution in [0.2, 0.25) is 0 Å². The standard InChI is InChI=1S/C12H20N2O4/c1-12(7-18-6-9(12)13)11(17)14-5-3-2-4-8(14)10(15)16/h8-9H,2-7,13H2,1H3,(H,15,16). The second-order valence-corrected chi connectivity index (χ2v) is 5.39. The fourth-order valence-electron chi connectivity index (χ4n) is 2.67. The second kappa shape index (κ2) is 4.85. The molecule has 18 heavy (non-hydrogen) atoms. The summed E-state index contributed by atoms with van der Waals surface area (Å²) in [5, 5.41) is 9.19. The molecule has 3 unspecified atom stereocenters. The van der Waals surface area contributed by atoms with Crippen molar-refractivity contribution in [1.29, 1.82) is 0 Å². The van der Waals surface area contributed by atoms with Gasteiger partial charge in [-0.15, -0.1) is 0 Å². The Morgan fingerprint density at radius 3 is 2.72 bits per heavy atom. The highest BCUT2D eigenvalue weighted by atomic mass is 16.5. The summed E-state index contributed by atoms with van der Waals surface area (Å²) in [6.07, 6.45) is 2.22. The van der Waals surface area contributed by atoms with E-state index in [2.05, 4.69) is 0 Å². The lowest BCUT2D eigenvalue weighted by Crippen LogP contribution is -2.57. The maximum absolute atomic E-state index is 12.6. The molecule has 0 aromatic carbocycles. The molecule has 102 valence electrons. The molecule has 0 saturated carbocycles. The third kappa shape index (κ3) is 2.10. The number of carboxylic acid groups (broad SMARTS) is 1. The topological polar surface area (TPSA) is 92.9 Å². The second-order valence-electron chi connectivity index (χ2n) is 5.39. The van der Waals surface area contributed by atoms with E-state index in [1.54, 1.807) is 6.92 Å². The zero-order valence-corrected chi connectivity index (χ0v) is 10.6. The third-order valence-electron chi connectivity index (χ3n) is 4.05. The van der Waals surface area contributed by atoms with Gasteiger partial charge in [0, 0.05) is 12.6 Å². The lowest BCUT2D eigenvalue weighted by molar-refractivity contribution is -0.157. The first kappa shape index (κ1) is 13.3. The molecule has 2 aliphatic rings. The Hall–Kier alpha value is -1.14. The van der Waals surface area contributed by atoms with Crippen molar-refractivity contribution in [1.82, 2.24) is 4.90 Å². The zero-order chi connectivity index (χ0) is 13.3. The summed E-state index contributed by atoms with van der Waals surface area (Å²) in [5.41, 5.74) is 5.14. The summed E-state index contributed by atoms with van der Waals surface area (Å²) < 4.78 is 5.26. The predicted molar refractivity (Wildman–Crippen MR) is 63.9 cm³/mol. The summed E-state index contributed by atoms with van der Waals surface area (Å²) in [5.74, 6) is -1.11. The molecule has 2 heterocycles. The smallest absolute Gasteiger partial charge is 0.326 e. The Balaban J connectivity index is 2.18. The number of carbonyl (C=O) groups excluding carboxylic acids is 1. The number of likely N-dealkylation sites (tertiary alicyclic amines) is 1. The van der Waals surface area contributed by atoms with Crippen LogP contribution in [0.15, 0.2) is 0 Å². The molecule has 0 aromatic rings. The molecule has 0 spiro atoms. The van der Waals surface area contributed by atoms with Crippen molar-refractivity contribution in [2.75, 3.05) is 19.8 Å². The van der Waals surface area contributed by atoms with Gasteiger partial charge in [-0.05, 0) is 26.2 Å². The number of rotatable bonds is 2. The highest BCUT2D eigenvalue weighted by molar-refractivity contribution is 5.88. The van der Waals surface area contributed by atoms with Crippen LogP contribution in [-0.2, 0) is 14.3 Å². The molecule has 0 aliphatic carbocycles. The molecule has 3 N–H and O–H groups in total. The summed E-state index contributed by atoms with van der Waals surface area (Å²) in [4.78, 5) is 25.2. The highest BCUT2D eigenvalue weighted by Crippen LogP contribution is 2.32. The maximum atomic E-state index is 12.6. The van der Waals surface area contributed by atoms with Crippen molar-refractivity contribution in [2.45, 2.75) is 38.3 Å². The lowest BCUT2D eigenvalue weighted by Gasteiger charge is -2.39. The van der Waals surface area contributed by atoms with Crippen molar-refractivity contribution >= 4 is 11.9 Å². The van der Waals surface area contributed by atoms with E-state index in [0.29, 0.717) is 19.6 Å². The highest BCUT2D eigenvalue weighted by Gasteiger charge is 2.48. The fraction of sp³-hybridized carbons (Fsp3) is 0.833. The quantitative estimate of drug-likeness (QED) is 0.714. The molecule has 2 saturated heterocycles. The zero-order valence-electron chi connectivity index (χ0n) is 10.6. The maximum Gasteiger partial charge on any atom is 0.326 e. The largest absolute Gasteiger partial charge is 0.480 e. The fourth-order valence-corrected chi connectivity index (χ4v) is 2.67. The van der Waals surface area contributed by atoms with E-state index in [1.165, 1.54) is 4.90 Å². The van der Waals surface area contributed by atoms with Crippen LogP contribution in [0, 0.1) is 5.41 Å². The molecule has 0 bridgehead atoms. The van der Waals surface area contributed by atoms with Crippen LogP contribution in [0.4, 0.5) is 0 Å². The average molecular weight is 256 g/mol. The summed E-state index contributed by atoms with van der Waals surface area (Å²) in [7, 11) is 0. The van der Waals surface area contributed by atoms with Gasteiger partial charge in [-0.1, -0.05) is 0 Å². The summed E-state index contributed by atoms with van der Waals surface area (Å²) in [6, 6.07) is -1.07. The molecule has 2 rings (SSSR count). The number of aliphatic carboxylic acids is 1. The van der Waals surface area contributed by atoms with Crippen LogP contribution in [0.25, 0.3) is 0 Å². The van der Waals surface area contributed by atoms with Gasteiger partial charge in [0.05, 0.1) is 18.6 Å². The number of carbonyl (C=O) groups is 2. The molecule has 6 nitrogen and oxygen atoms in total. The van der Waals surface area contributed by atoms with E-state index in [-0.39, 0.29) is 18.6 Å². The van der Waals surface area contributed by atoms with Crippen LogP contribution < -0.4 is 5.73 Å². The average Bonchev–Trinajstić information content (AvgIpc) is 2.70. The summed E-state index contributed by atoms with van der Waals surface area (Å²) >= 11 is 0. The molecule has 3 atom stereocenters. The van der Waals surface area contributed by atoms with Crippen LogP contribution in [0.1, 0.15) is 26.2 Å². The Labute approximate surface area is 106 Å². The molecule has 0 radical (unpaired) electrons. The van der Waals surface area contributed by atoms with Crippen LogP contribution >= 0.6 is 0 Å². The van der Waals surface area contributed by atoms with Crippen molar-refractivity contribution in [3.8, 4) is 0 Å². The first-order chi connectivity index (χ1) is 8.47. The number of piperidine rings is 1.